The summed E-state index contributed by atoms with van der Waals surface area (Å²) in [4.78, 5) is 0. The van der Waals surface area contributed by atoms with Crippen molar-refractivity contribution < 1.29 is 8.42 Å². The van der Waals surface area contributed by atoms with Gasteiger partial charge >= 0.3 is 0 Å². The van der Waals surface area contributed by atoms with Crippen molar-refractivity contribution in [2.75, 3.05) is 19.3 Å². The van der Waals surface area contributed by atoms with Crippen LogP contribution in [0.5, 0.6) is 0 Å². The van der Waals surface area contributed by atoms with Gasteiger partial charge in [0.2, 0.25) is 10.0 Å². The van der Waals surface area contributed by atoms with Crippen molar-refractivity contribution in [3.63, 3.8) is 0 Å². The maximum atomic E-state index is 12.3. The first-order chi connectivity index (χ1) is 9.97. The van der Waals surface area contributed by atoms with Gasteiger partial charge in [-0.2, -0.15) is 0 Å². The third-order valence-corrected chi connectivity index (χ3v) is 6.01. The molecule has 0 saturated carbocycles. The van der Waals surface area contributed by atoms with Gasteiger partial charge in [0.15, 0.2) is 0 Å². The molecular formula is C15H23ClN2O2S. The molecule has 0 spiro atoms. The van der Waals surface area contributed by atoms with E-state index >= 15 is 0 Å². The average molecular weight is 331 g/mol. The van der Waals surface area contributed by atoms with Gasteiger partial charge in [-0.1, -0.05) is 30.2 Å². The molecular weight excluding hydrogens is 308 g/mol. The van der Waals surface area contributed by atoms with Crippen molar-refractivity contribution in [3.05, 3.63) is 34.9 Å². The van der Waals surface area contributed by atoms with E-state index in [0.717, 1.165) is 18.5 Å². The zero-order valence-electron chi connectivity index (χ0n) is 12.4. The SMILES string of the molecule is CN(Cc1ccc(Cl)cc1)S(=O)(=O)CCC1CCCCN1. The largest absolute Gasteiger partial charge is 0.314 e. The van der Waals surface area contributed by atoms with Gasteiger partial charge in [0, 0.05) is 24.7 Å². The Balaban J connectivity index is 1.87. The number of hydrogen-bond donors (Lipinski definition) is 1. The summed E-state index contributed by atoms with van der Waals surface area (Å²) >= 11 is 5.84. The summed E-state index contributed by atoms with van der Waals surface area (Å²) in [7, 11) is -1.57. The van der Waals surface area contributed by atoms with Crippen LogP contribution < -0.4 is 5.32 Å². The summed E-state index contributed by atoms with van der Waals surface area (Å²) < 4.78 is 26.1. The van der Waals surface area contributed by atoms with Crippen molar-refractivity contribution in [1.82, 2.24) is 9.62 Å². The van der Waals surface area contributed by atoms with Gasteiger partial charge < -0.3 is 5.32 Å². The van der Waals surface area contributed by atoms with Gasteiger partial charge in [-0.05, 0) is 43.5 Å². The van der Waals surface area contributed by atoms with E-state index in [9.17, 15) is 8.42 Å². The van der Waals surface area contributed by atoms with Gasteiger partial charge in [-0.3, -0.25) is 0 Å². The second kappa shape index (κ2) is 7.58. The maximum absolute atomic E-state index is 12.3. The lowest BCUT2D eigenvalue weighted by molar-refractivity contribution is 0.388. The molecule has 1 heterocycles. The number of sulfonamides is 1. The van der Waals surface area contributed by atoms with Crippen LogP contribution in [-0.4, -0.2) is 38.1 Å². The first-order valence-electron chi connectivity index (χ1n) is 7.39. The highest BCUT2D eigenvalue weighted by molar-refractivity contribution is 7.89. The van der Waals surface area contributed by atoms with Crippen LogP contribution in [0.2, 0.25) is 5.02 Å². The van der Waals surface area contributed by atoms with E-state index in [1.54, 1.807) is 19.2 Å². The van der Waals surface area contributed by atoms with Crippen LogP contribution in [0.25, 0.3) is 0 Å². The molecule has 1 aliphatic heterocycles. The van der Waals surface area contributed by atoms with Gasteiger partial charge in [0.1, 0.15) is 0 Å². The molecule has 1 atom stereocenters. The zero-order chi connectivity index (χ0) is 15.3. The van der Waals surface area contributed by atoms with Crippen LogP contribution in [0.4, 0.5) is 0 Å². The Hall–Kier alpha value is -0.620. The summed E-state index contributed by atoms with van der Waals surface area (Å²) in [6.07, 6.45) is 4.15. The Morgan fingerprint density at radius 2 is 2.00 bits per heavy atom. The molecule has 2 rings (SSSR count). The quantitative estimate of drug-likeness (QED) is 0.872. The van der Waals surface area contributed by atoms with E-state index in [-0.39, 0.29) is 5.75 Å². The molecule has 1 aliphatic rings. The first-order valence-corrected chi connectivity index (χ1v) is 9.38. The molecule has 1 unspecified atom stereocenters. The third-order valence-electron chi connectivity index (χ3n) is 3.93. The number of rotatable bonds is 6. The summed E-state index contributed by atoms with van der Waals surface area (Å²) in [6, 6.07) is 7.62. The van der Waals surface area contributed by atoms with Gasteiger partial charge in [-0.25, -0.2) is 12.7 Å². The Morgan fingerprint density at radius 3 is 2.62 bits per heavy atom. The maximum Gasteiger partial charge on any atom is 0.214 e. The molecule has 21 heavy (non-hydrogen) atoms. The Bertz CT molecular complexity index is 539. The molecule has 1 aromatic rings. The highest BCUT2D eigenvalue weighted by Gasteiger charge is 2.21. The molecule has 0 amide bonds. The molecule has 1 saturated heterocycles. The highest BCUT2D eigenvalue weighted by atomic mass is 35.5. The highest BCUT2D eigenvalue weighted by Crippen LogP contribution is 2.15. The monoisotopic (exact) mass is 330 g/mol. The smallest absolute Gasteiger partial charge is 0.214 e. The zero-order valence-corrected chi connectivity index (χ0v) is 14.0. The lowest BCUT2D eigenvalue weighted by atomic mass is 10.0. The summed E-state index contributed by atoms with van der Waals surface area (Å²) in [6.45, 7) is 1.39. The summed E-state index contributed by atoms with van der Waals surface area (Å²) in [5.41, 5.74) is 0.946. The lowest BCUT2D eigenvalue weighted by Gasteiger charge is -2.24. The van der Waals surface area contributed by atoms with Crippen LogP contribution in [-0.2, 0) is 16.6 Å². The number of benzene rings is 1. The van der Waals surface area contributed by atoms with Crippen molar-refractivity contribution in [2.45, 2.75) is 38.3 Å². The minimum absolute atomic E-state index is 0.203. The fourth-order valence-corrected chi connectivity index (χ4v) is 3.93. The van der Waals surface area contributed by atoms with Crippen LogP contribution in [0.3, 0.4) is 0 Å². The van der Waals surface area contributed by atoms with E-state index in [1.807, 2.05) is 12.1 Å². The summed E-state index contributed by atoms with van der Waals surface area (Å²) in [5.74, 6) is 0.203. The molecule has 118 valence electrons. The van der Waals surface area contributed by atoms with Gasteiger partial charge in [-0.15, -0.1) is 0 Å². The molecule has 4 nitrogen and oxygen atoms in total. The average Bonchev–Trinajstić information content (AvgIpc) is 2.48. The second-order valence-electron chi connectivity index (χ2n) is 5.63. The Kier molecular flexibility index (Phi) is 6.05. The summed E-state index contributed by atoms with van der Waals surface area (Å²) in [5, 5.41) is 4.05. The number of halogens is 1. The molecule has 0 bridgehead atoms. The van der Waals surface area contributed by atoms with Crippen LogP contribution in [0.1, 0.15) is 31.2 Å². The number of piperidine rings is 1. The third kappa shape index (κ3) is 5.25. The Labute approximate surface area is 132 Å². The van der Waals surface area contributed by atoms with E-state index in [0.29, 0.717) is 24.0 Å². The standard InChI is InChI=1S/C15H23ClN2O2S/c1-18(12-13-5-7-14(16)8-6-13)21(19,20)11-9-15-4-2-3-10-17-15/h5-8,15,17H,2-4,9-12H2,1H3. The predicted octanol–water partition coefficient (Wildman–Crippen LogP) is 2.63. The molecule has 1 fully saturated rings. The number of hydrogen-bond acceptors (Lipinski definition) is 3. The number of nitrogens with one attached hydrogen (secondary N) is 1. The fraction of sp³-hybridized carbons (Fsp3) is 0.600. The van der Waals surface area contributed by atoms with Crippen molar-refractivity contribution in [1.29, 1.82) is 0 Å². The minimum atomic E-state index is -3.21. The second-order valence-corrected chi connectivity index (χ2v) is 8.27. The van der Waals surface area contributed by atoms with E-state index in [1.165, 1.54) is 17.1 Å². The molecule has 6 heteroatoms. The molecule has 1 aromatic carbocycles. The number of nitrogens with zero attached hydrogens (tertiary/aromatic N) is 1. The van der Waals surface area contributed by atoms with Crippen molar-refractivity contribution in [3.8, 4) is 0 Å². The van der Waals surface area contributed by atoms with Gasteiger partial charge in [0.05, 0.1) is 5.75 Å². The first kappa shape index (κ1) is 16.7. The van der Waals surface area contributed by atoms with E-state index in [4.69, 9.17) is 11.6 Å². The topological polar surface area (TPSA) is 49.4 Å². The van der Waals surface area contributed by atoms with Crippen molar-refractivity contribution >= 4 is 21.6 Å². The van der Waals surface area contributed by atoms with Crippen molar-refractivity contribution in [2.24, 2.45) is 0 Å². The molecule has 0 aliphatic carbocycles. The van der Waals surface area contributed by atoms with E-state index < -0.39 is 10.0 Å². The molecule has 0 radical (unpaired) electrons. The Morgan fingerprint density at radius 1 is 1.29 bits per heavy atom. The van der Waals surface area contributed by atoms with Crippen LogP contribution in [0, 0.1) is 0 Å². The fourth-order valence-electron chi connectivity index (χ4n) is 2.56. The van der Waals surface area contributed by atoms with E-state index in [2.05, 4.69) is 5.32 Å². The van der Waals surface area contributed by atoms with Crippen LogP contribution in [0.15, 0.2) is 24.3 Å². The van der Waals surface area contributed by atoms with Gasteiger partial charge in [0.25, 0.3) is 0 Å². The lowest BCUT2D eigenvalue weighted by Crippen LogP contribution is -2.37. The minimum Gasteiger partial charge on any atom is -0.314 e. The normalized spacial score (nSPS) is 19.9. The van der Waals surface area contributed by atoms with Crippen LogP contribution >= 0.6 is 11.6 Å². The molecule has 1 N–H and O–H groups in total. The molecule has 0 aromatic heterocycles. The predicted molar refractivity (Wildman–Crippen MR) is 87.0 cm³/mol.